The fourth-order valence-corrected chi connectivity index (χ4v) is 4.30. The van der Waals surface area contributed by atoms with Crippen LogP contribution in [0.5, 0.6) is 11.5 Å². The molecule has 2 aromatic heterocycles. The molecule has 1 amide bonds. The smallest absolute Gasteiger partial charge is 0.251 e. The molecule has 0 spiro atoms. The first kappa shape index (κ1) is 23.4. The van der Waals surface area contributed by atoms with Crippen LogP contribution in [0.4, 0.5) is 0 Å². The van der Waals surface area contributed by atoms with E-state index in [4.69, 9.17) is 15.2 Å². The molecule has 3 rings (SSSR count). The summed E-state index contributed by atoms with van der Waals surface area (Å²) in [7, 11) is 3.28. The molecule has 2 heterocycles. The number of pyridine rings is 1. The number of primary amides is 1. The van der Waals surface area contributed by atoms with E-state index < -0.39 is 5.91 Å². The van der Waals surface area contributed by atoms with Crippen LogP contribution in [0.15, 0.2) is 42.7 Å². The van der Waals surface area contributed by atoms with Crippen molar-refractivity contribution < 1.29 is 14.3 Å². The van der Waals surface area contributed by atoms with Gasteiger partial charge >= 0.3 is 0 Å². The molecule has 0 fully saturated rings. The van der Waals surface area contributed by atoms with Gasteiger partial charge in [-0.05, 0) is 49.9 Å². The quantitative estimate of drug-likeness (QED) is 0.432. The Hall–Kier alpha value is -3.28. The van der Waals surface area contributed by atoms with Gasteiger partial charge in [-0.15, -0.1) is 0 Å². The van der Waals surface area contributed by atoms with Gasteiger partial charge < -0.3 is 19.8 Å². The van der Waals surface area contributed by atoms with E-state index in [-0.39, 0.29) is 0 Å². The van der Waals surface area contributed by atoms with Crippen molar-refractivity contribution in [3.63, 3.8) is 0 Å². The Morgan fingerprint density at radius 2 is 1.88 bits per heavy atom. The maximum Gasteiger partial charge on any atom is 0.251 e. The molecule has 1 aromatic carbocycles. The van der Waals surface area contributed by atoms with E-state index in [0.29, 0.717) is 17.1 Å². The number of carbonyl (C=O) groups excluding carboxylic acids is 1. The highest BCUT2D eigenvalue weighted by molar-refractivity contribution is 6.02. The predicted molar refractivity (Wildman–Crippen MR) is 127 cm³/mol. The van der Waals surface area contributed by atoms with E-state index in [1.807, 2.05) is 43.5 Å². The minimum atomic E-state index is -0.400. The molecular weight excluding hydrogens is 402 g/mol. The van der Waals surface area contributed by atoms with Gasteiger partial charge in [0.1, 0.15) is 0 Å². The van der Waals surface area contributed by atoms with Crippen LogP contribution in [-0.2, 0) is 19.4 Å². The van der Waals surface area contributed by atoms with Crippen molar-refractivity contribution in [2.75, 3.05) is 14.2 Å². The van der Waals surface area contributed by atoms with Crippen molar-refractivity contribution in [1.29, 1.82) is 0 Å². The van der Waals surface area contributed by atoms with Gasteiger partial charge in [0.05, 0.1) is 19.8 Å². The number of aromatic nitrogens is 2. The average molecular weight is 436 g/mol. The lowest BCUT2D eigenvalue weighted by Crippen LogP contribution is -2.14. The Labute approximate surface area is 190 Å². The minimum Gasteiger partial charge on any atom is -0.493 e. The largest absolute Gasteiger partial charge is 0.493 e. The number of unbranched alkanes of at least 4 members (excludes halogenated alkanes) is 2. The molecule has 0 aliphatic heterocycles. The Balaban J connectivity index is 2.03. The number of nitrogens with two attached hydrogens (primary N) is 1. The second-order valence-corrected chi connectivity index (χ2v) is 7.94. The number of methoxy groups -OCH3 is 2. The Morgan fingerprint density at radius 3 is 2.50 bits per heavy atom. The van der Waals surface area contributed by atoms with Crippen LogP contribution in [0, 0.1) is 6.92 Å². The van der Waals surface area contributed by atoms with Crippen LogP contribution in [0.25, 0.3) is 11.1 Å². The monoisotopic (exact) mass is 435 g/mol. The molecule has 0 atom stereocenters. The fourth-order valence-electron chi connectivity index (χ4n) is 4.30. The molecule has 0 unspecified atom stereocenters. The fraction of sp³-hybridized carbons (Fsp3) is 0.385. The molecule has 0 radical (unpaired) electrons. The van der Waals surface area contributed by atoms with Gasteiger partial charge in [0.2, 0.25) is 0 Å². The summed E-state index contributed by atoms with van der Waals surface area (Å²) < 4.78 is 13.1. The van der Waals surface area contributed by atoms with Crippen molar-refractivity contribution >= 4 is 5.91 Å². The lowest BCUT2D eigenvalue weighted by atomic mass is 9.98. The molecule has 3 aromatic rings. The maximum atomic E-state index is 12.5. The summed E-state index contributed by atoms with van der Waals surface area (Å²) >= 11 is 0. The Kier molecular flexibility index (Phi) is 7.92. The molecule has 32 heavy (non-hydrogen) atoms. The van der Waals surface area contributed by atoms with E-state index in [0.717, 1.165) is 66.7 Å². The summed E-state index contributed by atoms with van der Waals surface area (Å²) in [6, 6.07) is 9.87. The van der Waals surface area contributed by atoms with Gasteiger partial charge in [-0.3, -0.25) is 9.78 Å². The van der Waals surface area contributed by atoms with Gasteiger partial charge in [-0.1, -0.05) is 31.9 Å². The number of aryl methyl sites for hydroxylation is 1. The zero-order valence-electron chi connectivity index (χ0n) is 19.5. The van der Waals surface area contributed by atoms with Crippen molar-refractivity contribution in [2.45, 2.75) is 52.5 Å². The topological polar surface area (TPSA) is 79.4 Å². The molecule has 0 bridgehead atoms. The number of rotatable bonds is 11. The van der Waals surface area contributed by atoms with E-state index in [1.54, 1.807) is 20.4 Å². The molecule has 0 saturated heterocycles. The zero-order chi connectivity index (χ0) is 23.1. The van der Waals surface area contributed by atoms with Crippen LogP contribution in [0.1, 0.15) is 53.5 Å². The third kappa shape index (κ3) is 4.96. The number of carbonyl (C=O) groups is 1. The summed E-state index contributed by atoms with van der Waals surface area (Å²) in [4.78, 5) is 16.8. The number of hydrogen-bond donors (Lipinski definition) is 1. The summed E-state index contributed by atoms with van der Waals surface area (Å²) in [5.74, 6) is 1.03. The zero-order valence-corrected chi connectivity index (χ0v) is 19.5. The highest BCUT2D eigenvalue weighted by Gasteiger charge is 2.24. The third-order valence-electron chi connectivity index (χ3n) is 5.92. The minimum absolute atomic E-state index is 0.400. The number of hydrogen-bond acceptors (Lipinski definition) is 4. The van der Waals surface area contributed by atoms with Crippen LogP contribution in [0.2, 0.25) is 0 Å². The second kappa shape index (κ2) is 10.8. The lowest BCUT2D eigenvalue weighted by Gasteiger charge is -2.14. The summed E-state index contributed by atoms with van der Waals surface area (Å²) in [6.07, 6.45) is 8.56. The van der Waals surface area contributed by atoms with Gasteiger partial charge in [0.25, 0.3) is 5.91 Å². The Bertz CT molecular complexity index is 1060. The van der Waals surface area contributed by atoms with E-state index in [1.165, 1.54) is 0 Å². The Morgan fingerprint density at radius 1 is 1.09 bits per heavy atom. The second-order valence-electron chi connectivity index (χ2n) is 7.94. The van der Waals surface area contributed by atoms with E-state index in [9.17, 15) is 4.79 Å². The first-order valence-corrected chi connectivity index (χ1v) is 11.1. The van der Waals surface area contributed by atoms with Crippen LogP contribution >= 0.6 is 0 Å². The molecule has 0 saturated carbocycles. The van der Waals surface area contributed by atoms with E-state index in [2.05, 4.69) is 16.5 Å². The molecule has 2 N–H and O–H groups in total. The van der Waals surface area contributed by atoms with Crippen LogP contribution in [0.3, 0.4) is 0 Å². The SMILES string of the molecule is CCCCCc1c(-c2cccnc2)c(C(N)=O)c(C)n1CCc1ccc(OC)c(OC)c1. The van der Waals surface area contributed by atoms with E-state index >= 15 is 0 Å². The standard InChI is InChI=1S/C26H33N3O3/c1-5-6-7-10-21-25(20-9-8-14-28-17-20)24(26(27)30)18(2)29(21)15-13-19-11-12-22(31-3)23(16-19)32-4/h8-9,11-12,14,16-17H,5-7,10,13,15H2,1-4H3,(H2,27,30). The molecule has 6 nitrogen and oxygen atoms in total. The number of benzene rings is 1. The first-order valence-electron chi connectivity index (χ1n) is 11.1. The first-order chi connectivity index (χ1) is 15.5. The molecule has 170 valence electrons. The maximum absolute atomic E-state index is 12.5. The predicted octanol–water partition coefficient (Wildman–Crippen LogP) is 4.95. The van der Waals surface area contributed by atoms with Crippen molar-refractivity contribution in [2.24, 2.45) is 5.73 Å². The van der Waals surface area contributed by atoms with Gasteiger partial charge in [0.15, 0.2) is 11.5 Å². The highest BCUT2D eigenvalue weighted by Crippen LogP contribution is 2.34. The van der Waals surface area contributed by atoms with Crippen LogP contribution < -0.4 is 15.2 Å². The normalized spacial score (nSPS) is 10.9. The highest BCUT2D eigenvalue weighted by atomic mass is 16.5. The molecule has 0 aliphatic rings. The lowest BCUT2D eigenvalue weighted by molar-refractivity contribution is 0.1000. The summed E-state index contributed by atoms with van der Waals surface area (Å²) in [5.41, 5.74) is 11.5. The summed E-state index contributed by atoms with van der Waals surface area (Å²) in [5, 5.41) is 0. The molecule has 6 heteroatoms. The number of nitrogens with zero attached hydrogens (tertiary/aromatic N) is 2. The molecule has 0 aliphatic carbocycles. The number of amides is 1. The van der Waals surface area contributed by atoms with Gasteiger partial charge in [0, 0.05) is 41.5 Å². The number of ether oxygens (including phenoxy) is 2. The van der Waals surface area contributed by atoms with Crippen molar-refractivity contribution in [1.82, 2.24) is 9.55 Å². The van der Waals surface area contributed by atoms with Crippen molar-refractivity contribution in [3.05, 3.63) is 65.2 Å². The summed E-state index contributed by atoms with van der Waals surface area (Å²) in [6.45, 7) is 4.92. The average Bonchev–Trinajstić information content (AvgIpc) is 3.09. The van der Waals surface area contributed by atoms with Gasteiger partial charge in [-0.2, -0.15) is 0 Å². The van der Waals surface area contributed by atoms with Crippen LogP contribution in [-0.4, -0.2) is 29.7 Å². The molecular formula is C26H33N3O3. The van der Waals surface area contributed by atoms with Gasteiger partial charge in [-0.25, -0.2) is 0 Å². The third-order valence-corrected chi connectivity index (χ3v) is 5.92. The van der Waals surface area contributed by atoms with Crippen molar-refractivity contribution in [3.8, 4) is 22.6 Å².